The minimum absolute atomic E-state index is 0.0820. The molecule has 8 nitrogen and oxygen atoms in total. The van der Waals surface area contributed by atoms with E-state index in [1.807, 2.05) is 18.2 Å². The zero-order chi connectivity index (χ0) is 19.8. The van der Waals surface area contributed by atoms with Crippen LogP contribution in [0.1, 0.15) is 62.6 Å². The van der Waals surface area contributed by atoms with Gasteiger partial charge in [0, 0.05) is 37.7 Å². The molecular formula is C21H26N4O4. The van der Waals surface area contributed by atoms with Gasteiger partial charge in [-0.3, -0.25) is 0 Å². The third-order valence-electron chi connectivity index (χ3n) is 6.00. The van der Waals surface area contributed by atoms with Gasteiger partial charge in [0.25, 0.3) is 5.79 Å². The van der Waals surface area contributed by atoms with Crippen molar-refractivity contribution >= 4 is 11.7 Å². The second kappa shape index (κ2) is 7.24. The lowest BCUT2D eigenvalue weighted by atomic mass is 9.94. The molecular weight excluding hydrogens is 372 g/mol. The molecule has 0 radical (unpaired) electrons. The molecule has 8 heteroatoms. The Morgan fingerprint density at radius 1 is 1.17 bits per heavy atom. The molecule has 0 bridgehead atoms. The summed E-state index contributed by atoms with van der Waals surface area (Å²) in [5.74, 6) is 2.28. The van der Waals surface area contributed by atoms with Gasteiger partial charge in [0.05, 0.1) is 5.92 Å². The number of carbonyl (C=O) groups excluding carboxylic acids is 1. The molecule has 1 saturated carbocycles. The van der Waals surface area contributed by atoms with E-state index in [0.29, 0.717) is 36.2 Å². The number of ether oxygens (including phenoxy) is 2. The third-order valence-corrected chi connectivity index (χ3v) is 6.00. The fraction of sp³-hybridized carbons (Fsp3) is 0.571. The van der Waals surface area contributed by atoms with E-state index in [1.54, 1.807) is 11.8 Å². The number of fused-ring (bicyclic) bond motifs is 1. The van der Waals surface area contributed by atoms with Gasteiger partial charge in [-0.2, -0.15) is 4.98 Å². The fourth-order valence-corrected chi connectivity index (χ4v) is 4.51. The molecule has 1 aliphatic carbocycles. The molecule has 1 aromatic heterocycles. The molecule has 2 aliphatic heterocycles. The summed E-state index contributed by atoms with van der Waals surface area (Å²) in [6, 6.07) is 5.48. The highest BCUT2D eigenvalue weighted by Gasteiger charge is 2.42. The summed E-state index contributed by atoms with van der Waals surface area (Å²) in [4.78, 5) is 19.0. The minimum atomic E-state index is -0.508. The Morgan fingerprint density at radius 2 is 2.00 bits per heavy atom. The molecule has 1 N–H and O–H groups in total. The molecule has 29 heavy (non-hydrogen) atoms. The van der Waals surface area contributed by atoms with Crippen molar-refractivity contribution < 1.29 is 18.8 Å². The standard InChI is InChI=1S/C21H26N4O4/c1-14-22-19(29-24-14)15-6-5-11-25(13-15)20(26)23-16-7-8-17-18(12-16)28-21(27-17)9-3-2-4-10-21/h7-8,12,15H,2-6,9-11,13H2,1H3,(H,23,26). The topological polar surface area (TPSA) is 89.7 Å². The van der Waals surface area contributed by atoms with Crippen molar-refractivity contribution in [3.05, 3.63) is 29.9 Å². The van der Waals surface area contributed by atoms with Crippen LogP contribution in [0.2, 0.25) is 0 Å². The van der Waals surface area contributed by atoms with Crippen LogP contribution < -0.4 is 14.8 Å². The van der Waals surface area contributed by atoms with Gasteiger partial charge in [-0.1, -0.05) is 11.6 Å². The number of piperidine rings is 1. The maximum atomic E-state index is 12.8. The van der Waals surface area contributed by atoms with Crippen molar-refractivity contribution in [2.75, 3.05) is 18.4 Å². The average Bonchev–Trinajstić information content (AvgIpc) is 3.31. The molecule has 1 aromatic carbocycles. The molecule has 3 heterocycles. The predicted octanol–water partition coefficient (Wildman–Crippen LogP) is 4.22. The largest absolute Gasteiger partial charge is 0.448 e. The predicted molar refractivity (Wildman–Crippen MR) is 105 cm³/mol. The first kappa shape index (κ1) is 18.3. The summed E-state index contributed by atoms with van der Waals surface area (Å²) < 4.78 is 17.6. The molecule has 1 unspecified atom stereocenters. The number of anilines is 1. The molecule has 1 saturated heterocycles. The first-order valence-electron chi connectivity index (χ1n) is 10.5. The number of hydrogen-bond acceptors (Lipinski definition) is 6. The van der Waals surface area contributed by atoms with Gasteiger partial charge < -0.3 is 24.2 Å². The summed E-state index contributed by atoms with van der Waals surface area (Å²) in [6.45, 7) is 3.08. The molecule has 1 spiro atoms. The maximum Gasteiger partial charge on any atom is 0.321 e. The van der Waals surface area contributed by atoms with Crippen LogP contribution in [-0.4, -0.2) is 39.9 Å². The van der Waals surface area contributed by atoms with Crippen LogP contribution in [0.5, 0.6) is 11.5 Å². The van der Waals surface area contributed by atoms with Crippen molar-refractivity contribution in [3.8, 4) is 11.5 Å². The zero-order valence-electron chi connectivity index (χ0n) is 16.6. The van der Waals surface area contributed by atoms with Gasteiger partial charge in [0.1, 0.15) is 0 Å². The number of benzene rings is 1. The van der Waals surface area contributed by atoms with Crippen molar-refractivity contribution in [2.45, 2.75) is 63.6 Å². The number of urea groups is 1. The maximum absolute atomic E-state index is 12.8. The van der Waals surface area contributed by atoms with Gasteiger partial charge in [-0.05, 0) is 44.7 Å². The van der Waals surface area contributed by atoms with Crippen LogP contribution in [0, 0.1) is 6.92 Å². The Morgan fingerprint density at radius 3 is 2.79 bits per heavy atom. The summed E-state index contributed by atoms with van der Waals surface area (Å²) in [7, 11) is 0. The zero-order valence-corrected chi connectivity index (χ0v) is 16.6. The molecule has 1 atom stereocenters. The Hall–Kier alpha value is -2.77. The second-order valence-corrected chi connectivity index (χ2v) is 8.23. The first-order valence-corrected chi connectivity index (χ1v) is 10.5. The highest BCUT2D eigenvalue weighted by Crippen LogP contribution is 2.46. The summed E-state index contributed by atoms with van der Waals surface area (Å²) in [5, 5.41) is 6.86. The van der Waals surface area contributed by atoms with E-state index in [1.165, 1.54) is 6.42 Å². The average molecular weight is 398 g/mol. The Bertz CT molecular complexity index is 906. The molecule has 3 aliphatic rings. The highest BCUT2D eigenvalue weighted by atomic mass is 16.7. The smallest absolute Gasteiger partial charge is 0.321 e. The number of nitrogens with one attached hydrogen (secondary N) is 1. The molecule has 2 fully saturated rings. The Balaban J connectivity index is 1.24. The first-order chi connectivity index (χ1) is 14.1. The number of aryl methyl sites for hydroxylation is 1. The lowest BCUT2D eigenvalue weighted by Crippen LogP contribution is -2.41. The minimum Gasteiger partial charge on any atom is -0.448 e. The quantitative estimate of drug-likeness (QED) is 0.815. The number of amides is 2. The molecule has 154 valence electrons. The van der Waals surface area contributed by atoms with E-state index in [4.69, 9.17) is 14.0 Å². The van der Waals surface area contributed by atoms with Crippen LogP contribution in [-0.2, 0) is 0 Å². The van der Waals surface area contributed by atoms with Gasteiger partial charge in [0.2, 0.25) is 5.89 Å². The lowest BCUT2D eigenvalue weighted by Gasteiger charge is -2.31. The third kappa shape index (κ3) is 3.63. The summed E-state index contributed by atoms with van der Waals surface area (Å²) in [5.41, 5.74) is 0.709. The number of likely N-dealkylation sites (tertiary alicyclic amines) is 1. The molecule has 5 rings (SSSR count). The Kier molecular flexibility index (Phi) is 4.56. The van der Waals surface area contributed by atoms with Crippen LogP contribution in [0.4, 0.5) is 10.5 Å². The number of hydrogen-bond donors (Lipinski definition) is 1. The van der Waals surface area contributed by atoms with E-state index in [-0.39, 0.29) is 11.9 Å². The summed E-state index contributed by atoms with van der Waals surface area (Å²) >= 11 is 0. The van der Waals surface area contributed by atoms with E-state index in [9.17, 15) is 4.79 Å². The number of rotatable bonds is 2. The lowest BCUT2D eigenvalue weighted by molar-refractivity contribution is -0.105. The molecule has 2 aromatic rings. The normalized spacial score (nSPS) is 22.7. The molecule has 2 amide bonds. The SMILES string of the molecule is Cc1noc(C2CCCN(C(=O)Nc3ccc4c(c3)OC3(CCCCC3)O4)C2)n1. The van der Waals surface area contributed by atoms with Gasteiger partial charge >= 0.3 is 6.03 Å². The van der Waals surface area contributed by atoms with Crippen LogP contribution in [0.15, 0.2) is 22.7 Å². The van der Waals surface area contributed by atoms with Crippen LogP contribution >= 0.6 is 0 Å². The van der Waals surface area contributed by atoms with Gasteiger partial charge in [-0.25, -0.2) is 4.79 Å². The van der Waals surface area contributed by atoms with Crippen LogP contribution in [0.25, 0.3) is 0 Å². The number of carbonyl (C=O) groups is 1. The van der Waals surface area contributed by atoms with E-state index < -0.39 is 5.79 Å². The van der Waals surface area contributed by atoms with Gasteiger partial charge in [-0.15, -0.1) is 0 Å². The fourth-order valence-electron chi connectivity index (χ4n) is 4.51. The second-order valence-electron chi connectivity index (χ2n) is 8.23. The van der Waals surface area contributed by atoms with E-state index >= 15 is 0 Å². The van der Waals surface area contributed by atoms with Gasteiger partial charge in [0.15, 0.2) is 17.3 Å². The van der Waals surface area contributed by atoms with E-state index in [0.717, 1.165) is 44.3 Å². The summed E-state index contributed by atoms with van der Waals surface area (Å²) in [6.07, 6.45) is 7.13. The highest BCUT2D eigenvalue weighted by molar-refractivity contribution is 5.89. The van der Waals surface area contributed by atoms with Crippen molar-refractivity contribution in [2.24, 2.45) is 0 Å². The van der Waals surface area contributed by atoms with Crippen molar-refractivity contribution in [1.82, 2.24) is 15.0 Å². The van der Waals surface area contributed by atoms with Crippen LogP contribution in [0.3, 0.4) is 0 Å². The number of aromatic nitrogens is 2. The number of nitrogens with zero attached hydrogens (tertiary/aromatic N) is 3. The van der Waals surface area contributed by atoms with E-state index in [2.05, 4.69) is 15.5 Å². The monoisotopic (exact) mass is 398 g/mol. The van der Waals surface area contributed by atoms with Crippen molar-refractivity contribution in [1.29, 1.82) is 0 Å². The van der Waals surface area contributed by atoms with Crippen molar-refractivity contribution in [3.63, 3.8) is 0 Å². The Labute approximate surface area is 169 Å².